The average molecular weight is 283 g/mol. The molecule has 7 heteroatoms. The van der Waals surface area contributed by atoms with Crippen molar-refractivity contribution < 1.29 is 9.53 Å². The molecule has 7 nitrogen and oxygen atoms in total. The Bertz CT molecular complexity index is 798. The zero-order valence-corrected chi connectivity index (χ0v) is 11.3. The second-order valence-electron chi connectivity index (χ2n) is 4.63. The van der Waals surface area contributed by atoms with Crippen LogP contribution in [0.15, 0.2) is 30.3 Å². The Morgan fingerprint density at radius 1 is 1.33 bits per heavy atom. The lowest BCUT2D eigenvalue weighted by molar-refractivity contribution is 0.100. The summed E-state index contributed by atoms with van der Waals surface area (Å²) in [5, 5.41) is 15.3. The number of aromatic amines is 1. The van der Waals surface area contributed by atoms with E-state index in [4.69, 9.17) is 10.5 Å². The molecule has 1 aromatic heterocycles. The number of ether oxygens (including phenoxy) is 1. The van der Waals surface area contributed by atoms with Crippen molar-refractivity contribution in [3.8, 4) is 5.75 Å². The summed E-state index contributed by atoms with van der Waals surface area (Å²) in [6, 6.07) is 9.12. The highest BCUT2D eigenvalue weighted by molar-refractivity contribution is 5.99. The second-order valence-corrected chi connectivity index (χ2v) is 4.63. The van der Waals surface area contributed by atoms with Gasteiger partial charge < -0.3 is 10.5 Å². The Labute approximate surface area is 120 Å². The minimum absolute atomic E-state index is 0.216. The molecule has 0 aliphatic heterocycles. The number of primary amides is 1. The summed E-state index contributed by atoms with van der Waals surface area (Å²) < 4.78 is 5.79. The number of rotatable bonds is 4. The van der Waals surface area contributed by atoms with E-state index in [1.165, 1.54) is 0 Å². The van der Waals surface area contributed by atoms with E-state index < -0.39 is 5.91 Å². The van der Waals surface area contributed by atoms with E-state index >= 15 is 0 Å². The maximum absolute atomic E-state index is 11.2. The van der Waals surface area contributed by atoms with Crippen LogP contribution in [0.3, 0.4) is 0 Å². The molecular formula is C14H13N5O2. The molecule has 1 amide bonds. The van der Waals surface area contributed by atoms with Gasteiger partial charge in [-0.1, -0.05) is 17.3 Å². The molecule has 0 saturated heterocycles. The molecule has 1 heterocycles. The van der Waals surface area contributed by atoms with Crippen LogP contribution in [0.1, 0.15) is 21.7 Å². The van der Waals surface area contributed by atoms with Gasteiger partial charge in [-0.2, -0.15) is 5.21 Å². The Morgan fingerprint density at radius 3 is 2.90 bits per heavy atom. The van der Waals surface area contributed by atoms with Crippen molar-refractivity contribution in [3.05, 3.63) is 47.3 Å². The number of hydrogen-bond donors (Lipinski definition) is 2. The molecule has 0 unspecified atom stereocenters. The van der Waals surface area contributed by atoms with Crippen molar-refractivity contribution in [1.29, 1.82) is 0 Å². The van der Waals surface area contributed by atoms with Gasteiger partial charge in [0.15, 0.2) is 6.61 Å². The Kier molecular flexibility index (Phi) is 3.23. The van der Waals surface area contributed by atoms with Crippen LogP contribution >= 0.6 is 0 Å². The molecule has 2 aromatic carbocycles. The number of nitrogens with one attached hydrogen (secondary N) is 1. The van der Waals surface area contributed by atoms with E-state index in [-0.39, 0.29) is 6.61 Å². The molecule has 3 N–H and O–H groups in total. The lowest BCUT2D eigenvalue weighted by atomic mass is 10.0. The van der Waals surface area contributed by atoms with E-state index in [2.05, 4.69) is 20.6 Å². The molecular weight excluding hydrogens is 270 g/mol. The summed E-state index contributed by atoms with van der Waals surface area (Å²) >= 11 is 0. The predicted octanol–water partition coefficient (Wildman–Crippen LogP) is 1.34. The summed E-state index contributed by atoms with van der Waals surface area (Å²) in [6.07, 6.45) is 0. The molecule has 0 bridgehead atoms. The molecule has 106 valence electrons. The monoisotopic (exact) mass is 283 g/mol. The predicted molar refractivity (Wildman–Crippen MR) is 75.7 cm³/mol. The summed E-state index contributed by atoms with van der Waals surface area (Å²) in [4.78, 5) is 11.2. The summed E-state index contributed by atoms with van der Waals surface area (Å²) in [6.45, 7) is 2.17. The van der Waals surface area contributed by atoms with Crippen molar-refractivity contribution in [1.82, 2.24) is 20.6 Å². The molecule has 0 aliphatic rings. The van der Waals surface area contributed by atoms with Crippen molar-refractivity contribution in [2.24, 2.45) is 5.73 Å². The van der Waals surface area contributed by atoms with Crippen LogP contribution in [0.5, 0.6) is 5.75 Å². The van der Waals surface area contributed by atoms with Crippen LogP contribution in [-0.4, -0.2) is 26.5 Å². The lowest BCUT2D eigenvalue weighted by Crippen LogP contribution is -2.10. The Morgan fingerprint density at radius 2 is 2.19 bits per heavy atom. The minimum atomic E-state index is -0.452. The molecule has 0 saturated carbocycles. The highest BCUT2D eigenvalue weighted by Gasteiger charge is 2.10. The number of aromatic nitrogens is 4. The molecule has 0 atom stereocenters. The van der Waals surface area contributed by atoms with Crippen LogP contribution in [0.25, 0.3) is 10.8 Å². The Balaban J connectivity index is 2.00. The summed E-state index contributed by atoms with van der Waals surface area (Å²) in [5.41, 5.74) is 6.75. The van der Waals surface area contributed by atoms with Crippen molar-refractivity contribution >= 4 is 16.7 Å². The first-order valence-electron chi connectivity index (χ1n) is 6.33. The normalized spacial score (nSPS) is 10.7. The average Bonchev–Trinajstić information content (AvgIpc) is 2.99. The molecule has 0 aliphatic carbocycles. The molecule has 0 spiro atoms. The summed E-state index contributed by atoms with van der Waals surface area (Å²) in [7, 11) is 0. The van der Waals surface area contributed by atoms with Crippen molar-refractivity contribution in [3.63, 3.8) is 0 Å². The third-order valence-electron chi connectivity index (χ3n) is 3.19. The smallest absolute Gasteiger partial charge is 0.248 e. The first kappa shape index (κ1) is 13.0. The number of H-pyrrole nitrogens is 1. The van der Waals surface area contributed by atoms with E-state index in [0.717, 1.165) is 22.1 Å². The molecule has 21 heavy (non-hydrogen) atoms. The van der Waals surface area contributed by atoms with Crippen LogP contribution in [0.4, 0.5) is 0 Å². The number of carbonyl (C=O) groups excluding carboxylic acids is 1. The standard InChI is InChI=1S/C14H13N5O2/c1-8-2-3-9-6-10(14(15)20)4-5-11(9)13(8)21-7-12-16-18-19-17-12/h2-6H,7H2,1H3,(H2,15,20)(H,16,17,18,19). The van der Waals surface area contributed by atoms with Crippen LogP contribution in [0, 0.1) is 6.92 Å². The zero-order chi connectivity index (χ0) is 14.8. The largest absolute Gasteiger partial charge is 0.485 e. The van der Waals surface area contributed by atoms with Gasteiger partial charge in [0.25, 0.3) is 0 Å². The highest BCUT2D eigenvalue weighted by atomic mass is 16.5. The fourth-order valence-electron chi connectivity index (χ4n) is 2.14. The fraction of sp³-hybridized carbons (Fsp3) is 0.143. The van der Waals surface area contributed by atoms with Crippen LogP contribution in [0.2, 0.25) is 0 Å². The fourth-order valence-corrected chi connectivity index (χ4v) is 2.14. The van der Waals surface area contributed by atoms with E-state index in [1.54, 1.807) is 12.1 Å². The quantitative estimate of drug-likeness (QED) is 0.751. The number of carbonyl (C=O) groups is 1. The maximum Gasteiger partial charge on any atom is 0.248 e. The van der Waals surface area contributed by atoms with Crippen molar-refractivity contribution in [2.75, 3.05) is 0 Å². The van der Waals surface area contributed by atoms with Crippen LogP contribution < -0.4 is 10.5 Å². The first-order valence-corrected chi connectivity index (χ1v) is 6.33. The van der Waals surface area contributed by atoms with Gasteiger partial charge in [0.1, 0.15) is 5.75 Å². The number of amides is 1. The topological polar surface area (TPSA) is 107 Å². The first-order chi connectivity index (χ1) is 10.1. The highest BCUT2D eigenvalue weighted by Crippen LogP contribution is 2.30. The molecule has 0 fully saturated rings. The number of nitrogens with zero attached hydrogens (tertiary/aromatic N) is 3. The Hall–Kier alpha value is -2.96. The van der Waals surface area contributed by atoms with E-state index in [1.807, 2.05) is 25.1 Å². The second kappa shape index (κ2) is 5.20. The number of fused-ring (bicyclic) bond motifs is 1. The van der Waals surface area contributed by atoms with Gasteiger partial charge >= 0.3 is 0 Å². The SMILES string of the molecule is Cc1ccc2cc(C(N)=O)ccc2c1OCc1nn[nH]n1. The third-order valence-corrected chi connectivity index (χ3v) is 3.19. The summed E-state index contributed by atoms with van der Waals surface area (Å²) in [5.74, 6) is 0.750. The number of aryl methyl sites for hydroxylation is 1. The van der Waals surface area contributed by atoms with Crippen LogP contribution in [-0.2, 0) is 6.61 Å². The molecule has 3 rings (SSSR count). The van der Waals surface area contributed by atoms with Gasteiger partial charge in [-0.25, -0.2) is 0 Å². The van der Waals surface area contributed by atoms with Gasteiger partial charge in [0.2, 0.25) is 11.7 Å². The lowest BCUT2D eigenvalue weighted by Gasteiger charge is -2.11. The third kappa shape index (κ3) is 2.53. The minimum Gasteiger partial charge on any atom is -0.485 e. The molecule has 0 radical (unpaired) electrons. The van der Waals surface area contributed by atoms with Gasteiger partial charge in [-0.3, -0.25) is 4.79 Å². The number of tetrazole rings is 1. The maximum atomic E-state index is 11.2. The van der Waals surface area contributed by atoms with Crippen molar-refractivity contribution in [2.45, 2.75) is 13.5 Å². The number of hydrogen-bond acceptors (Lipinski definition) is 5. The van der Waals surface area contributed by atoms with Gasteiger partial charge in [-0.05, 0) is 36.1 Å². The van der Waals surface area contributed by atoms with E-state index in [9.17, 15) is 4.79 Å². The zero-order valence-electron chi connectivity index (χ0n) is 11.3. The van der Waals surface area contributed by atoms with Gasteiger partial charge in [0.05, 0.1) is 0 Å². The van der Waals surface area contributed by atoms with Gasteiger partial charge in [-0.15, -0.1) is 10.2 Å². The number of benzene rings is 2. The van der Waals surface area contributed by atoms with E-state index in [0.29, 0.717) is 11.4 Å². The van der Waals surface area contributed by atoms with Gasteiger partial charge in [0, 0.05) is 10.9 Å². The molecule has 3 aromatic rings. The number of nitrogens with two attached hydrogens (primary N) is 1.